The van der Waals surface area contributed by atoms with Gasteiger partial charge in [-0.15, -0.1) is 0 Å². The Balaban J connectivity index is 0.000000471. The molecule has 1 atom stereocenters. The molecule has 0 radical (unpaired) electrons. The molecule has 0 bridgehead atoms. The summed E-state index contributed by atoms with van der Waals surface area (Å²) < 4.78 is 14.7. The Morgan fingerprint density at radius 3 is 2.33 bits per heavy atom. The molecule has 0 saturated carbocycles. The zero-order valence-electron chi connectivity index (χ0n) is 15.1. The first-order valence-electron chi connectivity index (χ1n) is 8.64. The largest absolute Gasteiger partial charge is 0.382 e. The van der Waals surface area contributed by atoms with Gasteiger partial charge in [0.1, 0.15) is 0 Å². The van der Waals surface area contributed by atoms with E-state index in [1.165, 1.54) is 5.56 Å². The average Bonchev–Trinajstić information content (AvgIpc) is 2.60. The highest BCUT2D eigenvalue weighted by Gasteiger charge is 2.21. The standard InChI is InChI=1S/C16H18N2OS.C4H10/c1-2-13-7-9-14(10-8-13)20(19)18-12-11-17-15-5-3-4-6-16(15)18;1-4(2)3/h3-10,17H,2,11-12H2,1H3;4H,1-3H3. The number of nitrogens with zero attached hydrogens (tertiary/aromatic N) is 1. The topological polar surface area (TPSA) is 32.3 Å². The van der Waals surface area contributed by atoms with Crippen LogP contribution >= 0.6 is 0 Å². The Labute approximate surface area is 148 Å². The molecule has 0 spiro atoms. The fraction of sp³-hybridized carbons (Fsp3) is 0.400. The number of rotatable bonds is 3. The van der Waals surface area contributed by atoms with Crippen LogP contribution in [0.5, 0.6) is 0 Å². The van der Waals surface area contributed by atoms with Crippen molar-refractivity contribution in [2.24, 2.45) is 5.92 Å². The number of nitrogens with one attached hydrogen (secondary N) is 1. The lowest BCUT2D eigenvalue weighted by Crippen LogP contribution is -2.35. The van der Waals surface area contributed by atoms with E-state index in [1.807, 2.05) is 40.7 Å². The maximum absolute atomic E-state index is 12.8. The van der Waals surface area contributed by atoms with Gasteiger partial charge in [0.15, 0.2) is 11.0 Å². The van der Waals surface area contributed by atoms with Gasteiger partial charge < -0.3 is 5.32 Å². The normalized spacial score (nSPS) is 14.3. The van der Waals surface area contributed by atoms with Gasteiger partial charge in [-0.2, -0.15) is 0 Å². The Kier molecular flexibility index (Phi) is 6.85. The fourth-order valence-electron chi connectivity index (χ4n) is 2.39. The number of hydrogen-bond acceptors (Lipinski definition) is 2. The van der Waals surface area contributed by atoms with Crippen molar-refractivity contribution in [2.45, 2.75) is 39.0 Å². The Morgan fingerprint density at radius 1 is 1.08 bits per heavy atom. The lowest BCUT2D eigenvalue weighted by Gasteiger charge is -2.30. The molecule has 1 aliphatic rings. The molecular weight excluding hydrogens is 316 g/mol. The van der Waals surface area contributed by atoms with Crippen LogP contribution < -0.4 is 9.62 Å². The second-order valence-electron chi connectivity index (χ2n) is 6.52. The monoisotopic (exact) mass is 344 g/mol. The number of aryl methyl sites for hydroxylation is 1. The molecule has 2 aromatic carbocycles. The predicted octanol–water partition coefficient (Wildman–Crippen LogP) is 4.87. The van der Waals surface area contributed by atoms with E-state index in [0.29, 0.717) is 0 Å². The van der Waals surface area contributed by atoms with Gasteiger partial charge in [-0.05, 0) is 42.2 Å². The molecule has 2 aromatic rings. The van der Waals surface area contributed by atoms with Crippen LogP contribution in [0, 0.1) is 5.92 Å². The van der Waals surface area contributed by atoms with E-state index < -0.39 is 11.0 Å². The van der Waals surface area contributed by atoms with Gasteiger partial charge >= 0.3 is 0 Å². The highest BCUT2D eigenvalue weighted by molar-refractivity contribution is 7.86. The smallest absolute Gasteiger partial charge is 0.153 e. The number of anilines is 2. The van der Waals surface area contributed by atoms with Crippen LogP contribution in [0.1, 0.15) is 33.3 Å². The molecule has 3 nitrogen and oxygen atoms in total. The van der Waals surface area contributed by atoms with Gasteiger partial charge in [0.05, 0.1) is 16.3 Å². The number of fused-ring (bicyclic) bond motifs is 1. The molecule has 3 rings (SSSR count). The lowest BCUT2D eigenvalue weighted by atomic mass is 10.2. The van der Waals surface area contributed by atoms with E-state index in [1.54, 1.807) is 0 Å². The summed E-state index contributed by atoms with van der Waals surface area (Å²) in [5.74, 6) is 0.833. The zero-order chi connectivity index (χ0) is 17.5. The summed E-state index contributed by atoms with van der Waals surface area (Å²) in [7, 11) is -1.15. The maximum atomic E-state index is 12.8. The van der Waals surface area contributed by atoms with Crippen molar-refractivity contribution >= 4 is 22.4 Å². The van der Waals surface area contributed by atoms with Crippen LogP contribution in [0.25, 0.3) is 0 Å². The number of benzene rings is 2. The summed E-state index contributed by atoms with van der Waals surface area (Å²) in [6.45, 7) is 10.2. The van der Waals surface area contributed by atoms with Crippen LogP contribution in [0.3, 0.4) is 0 Å². The highest BCUT2D eigenvalue weighted by Crippen LogP contribution is 2.31. The molecule has 0 aromatic heterocycles. The van der Waals surface area contributed by atoms with E-state index in [9.17, 15) is 4.21 Å². The number of para-hydroxylation sites is 2. The highest BCUT2D eigenvalue weighted by atomic mass is 32.2. The molecule has 130 valence electrons. The van der Waals surface area contributed by atoms with Gasteiger partial charge in [-0.1, -0.05) is 52.0 Å². The van der Waals surface area contributed by atoms with E-state index in [4.69, 9.17) is 0 Å². The molecule has 1 unspecified atom stereocenters. The number of hydrogen-bond donors (Lipinski definition) is 1. The van der Waals surface area contributed by atoms with Gasteiger partial charge in [-0.25, -0.2) is 4.21 Å². The Hall–Kier alpha value is -1.81. The molecule has 1 N–H and O–H groups in total. The lowest BCUT2D eigenvalue weighted by molar-refractivity contribution is 0.678. The fourth-order valence-corrected chi connectivity index (χ4v) is 3.61. The molecule has 0 saturated heterocycles. The molecule has 0 amide bonds. The van der Waals surface area contributed by atoms with Crippen molar-refractivity contribution in [1.82, 2.24) is 0 Å². The minimum Gasteiger partial charge on any atom is -0.382 e. The molecule has 0 aliphatic carbocycles. The minimum absolute atomic E-state index is 0.749. The Morgan fingerprint density at radius 2 is 1.71 bits per heavy atom. The molecule has 1 heterocycles. The molecule has 24 heavy (non-hydrogen) atoms. The van der Waals surface area contributed by atoms with Crippen LogP contribution in [0.2, 0.25) is 0 Å². The van der Waals surface area contributed by atoms with E-state index in [0.717, 1.165) is 41.7 Å². The van der Waals surface area contributed by atoms with Crippen LogP contribution in [-0.4, -0.2) is 17.3 Å². The average molecular weight is 345 g/mol. The molecule has 1 aliphatic heterocycles. The van der Waals surface area contributed by atoms with Crippen molar-refractivity contribution < 1.29 is 4.21 Å². The third kappa shape index (κ3) is 4.84. The molecular formula is C20H28N2OS. The first kappa shape index (κ1) is 18.5. The Bertz CT molecular complexity index is 665. The van der Waals surface area contributed by atoms with Crippen molar-refractivity contribution in [3.8, 4) is 0 Å². The van der Waals surface area contributed by atoms with E-state index in [-0.39, 0.29) is 0 Å². The first-order valence-corrected chi connectivity index (χ1v) is 9.74. The van der Waals surface area contributed by atoms with Crippen LogP contribution in [0.15, 0.2) is 53.4 Å². The van der Waals surface area contributed by atoms with E-state index in [2.05, 4.69) is 45.1 Å². The van der Waals surface area contributed by atoms with Crippen molar-refractivity contribution in [2.75, 3.05) is 22.7 Å². The third-order valence-electron chi connectivity index (χ3n) is 3.54. The van der Waals surface area contributed by atoms with Gasteiger partial charge in [0, 0.05) is 13.1 Å². The zero-order valence-corrected chi connectivity index (χ0v) is 15.9. The second-order valence-corrected chi connectivity index (χ2v) is 7.94. The van der Waals surface area contributed by atoms with E-state index >= 15 is 0 Å². The van der Waals surface area contributed by atoms with Crippen molar-refractivity contribution in [3.05, 3.63) is 54.1 Å². The van der Waals surface area contributed by atoms with Gasteiger partial charge in [0.25, 0.3) is 0 Å². The summed E-state index contributed by atoms with van der Waals surface area (Å²) in [6, 6.07) is 16.1. The summed E-state index contributed by atoms with van der Waals surface area (Å²) in [4.78, 5) is 0.860. The first-order chi connectivity index (χ1) is 11.5. The SMILES string of the molecule is CC(C)C.CCc1ccc(S(=O)N2CCNc3ccccc32)cc1. The maximum Gasteiger partial charge on any atom is 0.153 e. The van der Waals surface area contributed by atoms with Gasteiger partial charge in [-0.3, -0.25) is 4.31 Å². The summed E-state index contributed by atoms with van der Waals surface area (Å²) in [5, 5.41) is 3.34. The minimum atomic E-state index is -1.15. The van der Waals surface area contributed by atoms with Crippen molar-refractivity contribution in [3.63, 3.8) is 0 Å². The quantitative estimate of drug-likeness (QED) is 0.862. The van der Waals surface area contributed by atoms with Crippen LogP contribution in [0.4, 0.5) is 11.4 Å². The molecule has 0 fully saturated rings. The van der Waals surface area contributed by atoms with Gasteiger partial charge in [0.2, 0.25) is 0 Å². The van der Waals surface area contributed by atoms with Crippen LogP contribution in [-0.2, 0) is 17.4 Å². The predicted molar refractivity (Wildman–Crippen MR) is 105 cm³/mol. The third-order valence-corrected chi connectivity index (χ3v) is 4.99. The van der Waals surface area contributed by atoms with Crippen molar-refractivity contribution in [1.29, 1.82) is 0 Å². The summed E-state index contributed by atoms with van der Waals surface area (Å²) in [5.41, 5.74) is 3.33. The molecule has 4 heteroatoms. The summed E-state index contributed by atoms with van der Waals surface area (Å²) >= 11 is 0. The summed E-state index contributed by atoms with van der Waals surface area (Å²) in [6.07, 6.45) is 1.00. The second kappa shape index (κ2) is 8.88.